The quantitative estimate of drug-likeness (QED) is 0.852. The molecule has 0 bridgehead atoms. The first-order valence-electron chi connectivity index (χ1n) is 7.98. The molecule has 0 aliphatic carbocycles. The van der Waals surface area contributed by atoms with Gasteiger partial charge in [0.1, 0.15) is 0 Å². The van der Waals surface area contributed by atoms with Crippen LogP contribution in [0.2, 0.25) is 0 Å². The molecule has 124 valence electrons. The maximum atomic E-state index is 8.54. The average Bonchev–Trinajstić information content (AvgIpc) is 2.56. The molecule has 4 nitrogen and oxygen atoms in total. The Hall–Kier alpha value is -2.98. The third-order valence-electron chi connectivity index (χ3n) is 2.94. The van der Waals surface area contributed by atoms with Gasteiger partial charge < -0.3 is 10.6 Å². The van der Waals surface area contributed by atoms with Crippen LogP contribution in [0.25, 0.3) is 0 Å². The summed E-state index contributed by atoms with van der Waals surface area (Å²) < 4.78 is 0. The third kappa shape index (κ3) is 7.33. The summed E-state index contributed by atoms with van der Waals surface area (Å²) in [6.45, 7) is 8.33. The van der Waals surface area contributed by atoms with Crippen LogP contribution in [-0.2, 0) is 0 Å². The van der Waals surface area contributed by atoms with Crippen molar-refractivity contribution in [3.8, 4) is 12.1 Å². The molecule has 0 aliphatic rings. The monoisotopic (exact) mass is 320 g/mol. The van der Waals surface area contributed by atoms with Crippen LogP contribution < -0.4 is 10.6 Å². The van der Waals surface area contributed by atoms with Crippen LogP contribution in [-0.4, -0.2) is 12.1 Å². The fourth-order valence-corrected chi connectivity index (χ4v) is 1.95. The molecule has 4 heteroatoms. The van der Waals surface area contributed by atoms with Crippen molar-refractivity contribution in [3.63, 3.8) is 0 Å². The smallest absolute Gasteiger partial charge is 0.0991 e. The molecule has 2 rings (SSSR count). The Morgan fingerprint density at radius 2 is 0.917 bits per heavy atom. The van der Waals surface area contributed by atoms with Gasteiger partial charge in [0.25, 0.3) is 0 Å². The van der Waals surface area contributed by atoms with Crippen molar-refractivity contribution in [3.05, 3.63) is 59.7 Å². The maximum Gasteiger partial charge on any atom is 0.0991 e. The molecular formula is C20H24N4. The van der Waals surface area contributed by atoms with Crippen LogP contribution >= 0.6 is 0 Å². The second-order valence-corrected chi connectivity index (χ2v) is 5.98. The predicted molar refractivity (Wildman–Crippen MR) is 99.8 cm³/mol. The highest BCUT2D eigenvalue weighted by molar-refractivity contribution is 5.48. The number of hydrogen-bond donors (Lipinski definition) is 2. The van der Waals surface area contributed by atoms with Crippen molar-refractivity contribution in [2.24, 2.45) is 0 Å². The largest absolute Gasteiger partial charge is 0.383 e. The zero-order chi connectivity index (χ0) is 17.9. The van der Waals surface area contributed by atoms with E-state index in [4.69, 9.17) is 10.5 Å². The first kappa shape index (κ1) is 19.1. The second kappa shape index (κ2) is 9.92. The Labute approximate surface area is 144 Å². The fraction of sp³-hybridized carbons (Fsp3) is 0.300. The van der Waals surface area contributed by atoms with Crippen LogP contribution in [0.5, 0.6) is 0 Å². The molecule has 24 heavy (non-hydrogen) atoms. The van der Waals surface area contributed by atoms with E-state index in [0.29, 0.717) is 23.2 Å². The van der Waals surface area contributed by atoms with Crippen molar-refractivity contribution < 1.29 is 0 Å². The van der Waals surface area contributed by atoms with Crippen LogP contribution in [0.4, 0.5) is 11.4 Å². The molecule has 0 saturated heterocycles. The number of nitrogens with zero attached hydrogens (tertiary/aromatic N) is 2. The number of hydrogen-bond acceptors (Lipinski definition) is 4. The van der Waals surface area contributed by atoms with Gasteiger partial charge in [-0.25, -0.2) is 0 Å². The Balaban J connectivity index is 0.000000240. The summed E-state index contributed by atoms with van der Waals surface area (Å²) in [5, 5.41) is 23.6. The topological polar surface area (TPSA) is 71.6 Å². The van der Waals surface area contributed by atoms with Crippen molar-refractivity contribution in [2.45, 2.75) is 39.8 Å². The first-order valence-corrected chi connectivity index (χ1v) is 7.98. The maximum absolute atomic E-state index is 8.54. The SMILES string of the molecule is CC(C)Nc1ccc(C#N)cc1.CC(C)Nc1ccc(C#N)cc1. The highest BCUT2D eigenvalue weighted by Crippen LogP contribution is 2.10. The molecule has 0 aromatic heterocycles. The zero-order valence-corrected chi connectivity index (χ0v) is 14.7. The van der Waals surface area contributed by atoms with Crippen LogP contribution in [0.1, 0.15) is 38.8 Å². The van der Waals surface area contributed by atoms with Gasteiger partial charge in [-0.15, -0.1) is 0 Å². The van der Waals surface area contributed by atoms with E-state index < -0.39 is 0 Å². The van der Waals surface area contributed by atoms with Crippen molar-refractivity contribution in [1.29, 1.82) is 10.5 Å². The molecule has 0 radical (unpaired) electrons. The minimum absolute atomic E-state index is 0.429. The van der Waals surface area contributed by atoms with E-state index in [2.05, 4.69) is 50.5 Å². The van der Waals surface area contributed by atoms with Gasteiger partial charge in [0, 0.05) is 23.5 Å². The van der Waals surface area contributed by atoms with Crippen LogP contribution in [0.3, 0.4) is 0 Å². The van der Waals surface area contributed by atoms with E-state index in [9.17, 15) is 0 Å². The summed E-state index contributed by atoms with van der Waals surface area (Å²) in [5.41, 5.74) is 3.52. The summed E-state index contributed by atoms with van der Waals surface area (Å²) in [7, 11) is 0. The molecule has 0 spiro atoms. The summed E-state index contributed by atoms with van der Waals surface area (Å²) in [6.07, 6.45) is 0. The molecule has 2 aromatic carbocycles. The normalized spacial score (nSPS) is 9.50. The Morgan fingerprint density at radius 1 is 0.625 bits per heavy atom. The van der Waals surface area contributed by atoms with E-state index in [1.165, 1.54) is 0 Å². The van der Waals surface area contributed by atoms with Crippen molar-refractivity contribution >= 4 is 11.4 Å². The standard InChI is InChI=1S/2C10H12N2/c2*1-8(2)12-10-5-3-9(7-11)4-6-10/h2*3-6,8,12H,1-2H3. The number of benzene rings is 2. The number of rotatable bonds is 4. The van der Waals surface area contributed by atoms with Gasteiger partial charge in [-0.1, -0.05) is 0 Å². The number of nitrogens with one attached hydrogen (secondary N) is 2. The van der Waals surface area contributed by atoms with Crippen molar-refractivity contribution in [2.75, 3.05) is 10.6 Å². The molecule has 2 aromatic rings. The van der Waals surface area contributed by atoms with Gasteiger partial charge in [0.2, 0.25) is 0 Å². The van der Waals surface area contributed by atoms with Gasteiger partial charge in [-0.05, 0) is 76.2 Å². The summed E-state index contributed by atoms with van der Waals surface area (Å²) in [5.74, 6) is 0. The molecule has 0 unspecified atom stereocenters. The zero-order valence-electron chi connectivity index (χ0n) is 14.7. The predicted octanol–water partition coefficient (Wildman–Crippen LogP) is 4.76. The highest BCUT2D eigenvalue weighted by Gasteiger charge is 1.95. The molecule has 0 atom stereocenters. The van der Waals surface area contributed by atoms with Gasteiger partial charge in [-0.2, -0.15) is 10.5 Å². The molecule has 0 heterocycles. The lowest BCUT2D eigenvalue weighted by Gasteiger charge is -2.08. The minimum atomic E-state index is 0.429. The fourth-order valence-electron chi connectivity index (χ4n) is 1.95. The average molecular weight is 320 g/mol. The molecule has 2 N–H and O–H groups in total. The lowest BCUT2D eigenvalue weighted by Crippen LogP contribution is -2.09. The number of anilines is 2. The van der Waals surface area contributed by atoms with Crippen LogP contribution in [0, 0.1) is 22.7 Å². The van der Waals surface area contributed by atoms with E-state index in [1.54, 1.807) is 0 Å². The van der Waals surface area contributed by atoms with Crippen LogP contribution in [0.15, 0.2) is 48.5 Å². The lowest BCUT2D eigenvalue weighted by atomic mass is 10.2. The Kier molecular flexibility index (Phi) is 7.88. The van der Waals surface area contributed by atoms with Crippen molar-refractivity contribution in [1.82, 2.24) is 0 Å². The molecule has 0 aliphatic heterocycles. The van der Waals surface area contributed by atoms with E-state index in [-0.39, 0.29) is 0 Å². The highest BCUT2D eigenvalue weighted by atomic mass is 14.9. The number of nitriles is 2. The Morgan fingerprint density at radius 3 is 1.12 bits per heavy atom. The van der Waals surface area contributed by atoms with Gasteiger partial charge in [-0.3, -0.25) is 0 Å². The third-order valence-corrected chi connectivity index (χ3v) is 2.94. The molecule has 0 fully saturated rings. The van der Waals surface area contributed by atoms with E-state index >= 15 is 0 Å². The van der Waals surface area contributed by atoms with E-state index in [0.717, 1.165) is 11.4 Å². The summed E-state index contributed by atoms with van der Waals surface area (Å²) >= 11 is 0. The lowest BCUT2D eigenvalue weighted by molar-refractivity contribution is 0.899. The first-order chi connectivity index (χ1) is 11.4. The summed E-state index contributed by atoms with van der Waals surface area (Å²) in [6, 6.07) is 19.9. The second-order valence-electron chi connectivity index (χ2n) is 5.98. The van der Waals surface area contributed by atoms with Gasteiger partial charge in [0.05, 0.1) is 23.3 Å². The minimum Gasteiger partial charge on any atom is -0.383 e. The molecular weight excluding hydrogens is 296 g/mol. The van der Waals surface area contributed by atoms with E-state index in [1.807, 2.05) is 48.5 Å². The van der Waals surface area contributed by atoms with Gasteiger partial charge >= 0.3 is 0 Å². The molecule has 0 amide bonds. The molecule has 0 saturated carbocycles. The summed E-state index contributed by atoms with van der Waals surface area (Å²) in [4.78, 5) is 0. The van der Waals surface area contributed by atoms with Gasteiger partial charge in [0.15, 0.2) is 0 Å². The Bertz CT molecular complexity index is 623.